The molecular weight excluding hydrogens is 216 g/mol. The second-order valence-electron chi connectivity index (χ2n) is 3.23. The third-order valence-corrected chi connectivity index (χ3v) is 2.51. The van der Waals surface area contributed by atoms with Crippen LogP contribution in [-0.2, 0) is 22.0 Å². The molecule has 15 heavy (non-hydrogen) atoms. The van der Waals surface area contributed by atoms with E-state index in [-0.39, 0.29) is 11.6 Å². The summed E-state index contributed by atoms with van der Waals surface area (Å²) in [6, 6.07) is 1.69. The molecule has 0 bridgehead atoms. The van der Waals surface area contributed by atoms with Gasteiger partial charge in [0.05, 0.1) is 0 Å². The first kappa shape index (κ1) is 11.9. The highest BCUT2D eigenvalue weighted by molar-refractivity contribution is 7.89. The van der Waals surface area contributed by atoms with E-state index in [9.17, 15) is 8.42 Å². The fraction of sp³-hybridized carbons (Fsp3) is 0.500. The Morgan fingerprint density at radius 1 is 1.47 bits per heavy atom. The number of rotatable bonds is 4. The molecule has 1 heterocycles. The van der Waals surface area contributed by atoms with Gasteiger partial charge in [-0.25, -0.2) is 24.2 Å². The van der Waals surface area contributed by atoms with Crippen molar-refractivity contribution in [3.8, 4) is 0 Å². The van der Waals surface area contributed by atoms with E-state index in [1.165, 1.54) is 0 Å². The van der Waals surface area contributed by atoms with E-state index in [0.717, 1.165) is 11.9 Å². The molecule has 6 nitrogen and oxygen atoms in total. The third kappa shape index (κ3) is 3.80. The van der Waals surface area contributed by atoms with Gasteiger partial charge in [0.2, 0.25) is 0 Å². The first-order valence-corrected chi connectivity index (χ1v) is 6.52. The van der Waals surface area contributed by atoms with Gasteiger partial charge in [-0.3, -0.25) is 0 Å². The molecule has 0 amide bonds. The minimum atomic E-state index is -3.12. The van der Waals surface area contributed by atoms with Gasteiger partial charge in [-0.15, -0.1) is 0 Å². The summed E-state index contributed by atoms with van der Waals surface area (Å²) in [5, 5.41) is 0. The maximum Gasteiger partial charge on any atom is 0.154 e. The molecule has 0 aliphatic rings. The highest BCUT2D eigenvalue weighted by atomic mass is 32.2. The summed E-state index contributed by atoms with van der Waals surface area (Å²) in [6.07, 6.45) is 1.85. The van der Waals surface area contributed by atoms with Crippen molar-refractivity contribution in [3.63, 3.8) is 0 Å². The number of aromatic nitrogens is 2. The molecule has 0 radical (unpaired) electrons. The number of nitrogen functional groups attached to an aromatic ring is 1. The number of aryl methyl sites for hydroxylation is 1. The number of hydrogen-bond donors (Lipinski definition) is 2. The Morgan fingerprint density at radius 2 is 2.13 bits per heavy atom. The van der Waals surface area contributed by atoms with Gasteiger partial charge in [-0.1, -0.05) is 6.92 Å². The van der Waals surface area contributed by atoms with E-state index in [1.807, 2.05) is 6.92 Å². The number of anilines is 1. The zero-order chi connectivity index (χ0) is 11.5. The number of nitrogens with zero attached hydrogens (tertiary/aromatic N) is 2. The summed E-state index contributed by atoms with van der Waals surface area (Å²) in [4.78, 5) is 8.06. The Bertz CT molecular complexity index is 422. The Hall–Kier alpha value is -1.21. The molecule has 1 aromatic rings. The number of hydrazine groups is 1. The predicted molar refractivity (Wildman–Crippen MR) is 57.8 cm³/mol. The van der Waals surface area contributed by atoms with Gasteiger partial charge in [-0.05, 0) is 6.42 Å². The van der Waals surface area contributed by atoms with Crippen LogP contribution in [0.1, 0.15) is 18.4 Å². The van der Waals surface area contributed by atoms with Crippen LogP contribution in [0.25, 0.3) is 0 Å². The molecule has 0 saturated carbocycles. The summed E-state index contributed by atoms with van der Waals surface area (Å²) in [5.74, 6) is 5.74. The van der Waals surface area contributed by atoms with Crippen molar-refractivity contribution in [1.29, 1.82) is 0 Å². The zero-order valence-electron chi connectivity index (χ0n) is 8.69. The minimum Gasteiger partial charge on any atom is -0.308 e. The molecule has 0 aliphatic heterocycles. The van der Waals surface area contributed by atoms with E-state index in [0.29, 0.717) is 12.2 Å². The first-order valence-electron chi connectivity index (χ1n) is 4.45. The van der Waals surface area contributed by atoms with Gasteiger partial charge < -0.3 is 5.43 Å². The number of nitrogens with two attached hydrogens (primary N) is 1. The monoisotopic (exact) mass is 230 g/mol. The Balaban J connectivity index is 3.07. The highest BCUT2D eigenvalue weighted by Crippen LogP contribution is 2.08. The van der Waals surface area contributed by atoms with Gasteiger partial charge in [0.25, 0.3) is 0 Å². The van der Waals surface area contributed by atoms with Crippen LogP contribution in [0.3, 0.4) is 0 Å². The van der Waals surface area contributed by atoms with Crippen LogP contribution >= 0.6 is 0 Å². The number of nitrogens with one attached hydrogen (secondary N) is 1. The second kappa shape index (κ2) is 4.54. The van der Waals surface area contributed by atoms with E-state index >= 15 is 0 Å². The lowest BCUT2D eigenvalue weighted by molar-refractivity contribution is 0.599. The SMILES string of the molecule is CCc1cc(NN)nc(CS(C)(=O)=O)n1. The molecule has 1 aromatic heterocycles. The normalized spacial score (nSPS) is 11.4. The standard InChI is InChI=1S/C8H14N4O2S/c1-3-6-4-7(12-9)11-8(10-6)5-15(2,13)14/h4H,3,5,9H2,1-2H3,(H,10,11,12). The van der Waals surface area contributed by atoms with E-state index < -0.39 is 9.84 Å². The molecule has 0 unspecified atom stereocenters. The lowest BCUT2D eigenvalue weighted by Gasteiger charge is -2.05. The molecule has 0 aromatic carbocycles. The summed E-state index contributed by atoms with van der Waals surface area (Å²) < 4.78 is 22.1. The average Bonchev–Trinajstić information content (AvgIpc) is 2.14. The fourth-order valence-electron chi connectivity index (χ4n) is 1.11. The van der Waals surface area contributed by atoms with Crippen LogP contribution in [0, 0.1) is 0 Å². The largest absolute Gasteiger partial charge is 0.308 e. The second-order valence-corrected chi connectivity index (χ2v) is 5.37. The molecule has 3 N–H and O–H groups in total. The van der Waals surface area contributed by atoms with Crippen molar-refractivity contribution in [2.45, 2.75) is 19.1 Å². The summed E-state index contributed by atoms with van der Waals surface area (Å²) in [6.45, 7) is 1.92. The molecule has 0 spiro atoms. The van der Waals surface area contributed by atoms with E-state index in [1.54, 1.807) is 6.07 Å². The van der Waals surface area contributed by atoms with Crippen LogP contribution < -0.4 is 11.3 Å². The lowest BCUT2D eigenvalue weighted by Crippen LogP contribution is -2.13. The maximum atomic E-state index is 11.1. The van der Waals surface area contributed by atoms with Crippen LogP contribution in [-0.4, -0.2) is 24.6 Å². The van der Waals surface area contributed by atoms with Crippen LogP contribution in [0.5, 0.6) is 0 Å². The van der Waals surface area contributed by atoms with Crippen molar-refractivity contribution >= 4 is 15.7 Å². The lowest BCUT2D eigenvalue weighted by atomic mass is 10.3. The number of sulfone groups is 1. The molecule has 0 saturated heterocycles. The van der Waals surface area contributed by atoms with Crippen molar-refractivity contribution in [2.75, 3.05) is 11.7 Å². The summed E-state index contributed by atoms with van der Waals surface area (Å²) in [7, 11) is -3.12. The maximum absolute atomic E-state index is 11.1. The molecule has 0 atom stereocenters. The van der Waals surface area contributed by atoms with Gasteiger partial charge in [0.1, 0.15) is 17.4 Å². The van der Waals surface area contributed by atoms with E-state index in [4.69, 9.17) is 5.84 Å². The molecule has 1 rings (SSSR count). The zero-order valence-corrected chi connectivity index (χ0v) is 9.50. The van der Waals surface area contributed by atoms with Crippen molar-refractivity contribution in [2.24, 2.45) is 5.84 Å². The Kier molecular flexibility index (Phi) is 3.59. The highest BCUT2D eigenvalue weighted by Gasteiger charge is 2.09. The van der Waals surface area contributed by atoms with Crippen LogP contribution in [0.4, 0.5) is 5.82 Å². The smallest absolute Gasteiger partial charge is 0.154 e. The van der Waals surface area contributed by atoms with Gasteiger partial charge in [0, 0.05) is 18.0 Å². The van der Waals surface area contributed by atoms with Crippen LogP contribution in [0.2, 0.25) is 0 Å². The van der Waals surface area contributed by atoms with Gasteiger partial charge >= 0.3 is 0 Å². The Labute approximate surface area is 88.8 Å². The minimum absolute atomic E-state index is 0.171. The fourth-order valence-corrected chi connectivity index (χ4v) is 1.70. The molecule has 0 aliphatic carbocycles. The first-order chi connectivity index (χ1) is 6.94. The molecule has 84 valence electrons. The van der Waals surface area contributed by atoms with E-state index in [2.05, 4.69) is 15.4 Å². The Morgan fingerprint density at radius 3 is 2.60 bits per heavy atom. The van der Waals surface area contributed by atoms with Gasteiger partial charge in [0.15, 0.2) is 9.84 Å². The summed E-state index contributed by atoms with van der Waals surface area (Å²) in [5.41, 5.74) is 3.14. The predicted octanol–water partition coefficient (Wildman–Crippen LogP) is -0.131. The quantitative estimate of drug-likeness (QED) is 0.552. The van der Waals surface area contributed by atoms with Crippen molar-refractivity contribution in [1.82, 2.24) is 9.97 Å². The van der Waals surface area contributed by atoms with Crippen molar-refractivity contribution in [3.05, 3.63) is 17.6 Å². The van der Waals surface area contributed by atoms with Gasteiger partial charge in [-0.2, -0.15) is 0 Å². The van der Waals surface area contributed by atoms with Crippen molar-refractivity contribution < 1.29 is 8.42 Å². The molecule has 7 heteroatoms. The molecular formula is C8H14N4O2S. The average molecular weight is 230 g/mol. The molecule has 0 fully saturated rings. The third-order valence-electron chi connectivity index (χ3n) is 1.73. The van der Waals surface area contributed by atoms with Crippen LogP contribution in [0.15, 0.2) is 6.07 Å². The number of hydrogen-bond acceptors (Lipinski definition) is 6. The summed E-state index contributed by atoms with van der Waals surface area (Å²) >= 11 is 0. The topological polar surface area (TPSA) is 98.0 Å².